The molecule has 0 atom stereocenters. The van der Waals surface area contributed by atoms with Gasteiger partial charge in [-0.2, -0.15) is 11.8 Å². The van der Waals surface area contributed by atoms with Crippen LogP contribution in [0.15, 0.2) is 18.2 Å². The van der Waals surface area contributed by atoms with Crippen molar-refractivity contribution in [3.05, 3.63) is 28.8 Å². The summed E-state index contributed by atoms with van der Waals surface area (Å²) >= 11 is 12.9. The van der Waals surface area contributed by atoms with Crippen LogP contribution in [-0.2, 0) is 4.79 Å². The van der Waals surface area contributed by atoms with Crippen molar-refractivity contribution in [3.8, 4) is 0 Å². The first-order valence-corrected chi connectivity index (χ1v) is 8.78. The molecular formula is C14H20ClN3OS2. The van der Waals surface area contributed by atoms with Crippen molar-refractivity contribution in [2.45, 2.75) is 13.3 Å². The number of hydrogen-bond acceptors (Lipinski definition) is 3. The van der Waals surface area contributed by atoms with E-state index < -0.39 is 0 Å². The maximum atomic E-state index is 11.8. The normalized spacial score (nSPS) is 10.0. The summed E-state index contributed by atoms with van der Waals surface area (Å²) in [6, 6.07) is 5.41. The van der Waals surface area contributed by atoms with Gasteiger partial charge in [0, 0.05) is 17.3 Å². The van der Waals surface area contributed by atoms with Crippen molar-refractivity contribution in [1.82, 2.24) is 10.6 Å². The molecule has 4 nitrogen and oxygen atoms in total. The molecule has 0 aromatic heterocycles. The minimum absolute atomic E-state index is 0.125. The van der Waals surface area contributed by atoms with Crippen LogP contribution >= 0.6 is 35.6 Å². The number of amides is 1. The highest BCUT2D eigenvalue weighted by atomic mass is 35.5. The maximum Gasteiger partial charge on any atom is 0.243 e. The summed E-state index contributed by atoms with van der Waals surface area (Å²) in [4.78, 5) is 11.8. The molecule has 0 saturated heterocycles. The van der Waals surface area contributed by atoms with Crippen LogP contribution in [0.5, 0.6) is 0 Å². The Hall–Kier alpha value is -0.980. The lowest BCUT2D eigenvalue weighted by atomic mass is 10.2. The fourth-order valence-electron chi connectivity index (χ4n) is 1.58. The molecule has 7 heteroatoms. The topological polar surface area (TPSA) is 53.2 Å². The van der Waals surface area contributed by atoms with Crippen molar-refractivity contribution < 1.29 is 4.79 Å². The molecule has 0 bridgehead atoms. The molecule has 1 rings (SSSR count). The van der Waals surface area contributed by atoms with E-state index in [1.165, 1.54) is 0 Å². The van der Waals surface area contributed by atoms with Crippen molar-refractivity contribution in [3.63, 3.8) is 0 Å². The number of rotatable bonds is 7. The van der Waals surface area contributed by atoms with Crippen LogP contribution in [0, 0.1) is 6.92 Å². The first-order valence-electron chi connectivity index (χ1n) is 6.60. The maximum absolute atomic E-state index is 11.8. The number of benzene rings is 1. The molecule has 3 N–H and O–H groups in total. The first kappa shape index (κ1) is 18.1. The van der Waals surface area contributed by atoms with Crippen molar-refractivity contribution >= 4 is 52.3 Å². The quantitative estimate of drug-likeness (QED) is 0.524. The van der Waals surface area contributed by atoms with Gasteiger partial charge in [-0.25, -0.2) is 0 Å². The molecule has 0 aliphatic heterocycles. The Bertz CT molecular complexity index is 497. The van der Waals surface area contributed by atoms with Gasteiger partial charge in [0.25, 0.3) is 0 Å². The van der Waals surface area contributed by atoms with E-state index in [0.717, 1.165) is 24.3 Å². The van der Waals surface area contributed by atoms with Gasteiger partial charge in [0.2, 0.25) is 5.91 Å². The van der Waals surface area contributed by atoms with E-state index in [2.05, 4.69) is 22.2 Å². The largest absolute Gasteiger partial charge is 0.363 e. The molecule has 0 spiro atoms. The van der Waals surface area contributed by atoms with Crippen molar-refractivity contribution in [2.75, 3.05) is 30.4 Å². The molecule has 1 aromatic carbocycles. The van der Waals surface area contributed by atoms with Crippen LogP contribution in [-0.4, -0.2) is 36.1 Å². The Morgan fingerprint density at radius 1 is 1.38 bits per heavy atom. The van der Waals surface area contributed by atoms with E-state index >= 15 is 0 Å². The van der Waals surface area contributed by atoms with Gasteiger partial charge in [0.05, 0.1) is 6.54 Å². The molecule has 0 unspecified atom stereocenters. The molecule has 0 saturated carbocycles. The highest BCUT2D eigenvalue weighted by Gasteiger charge is 2.07. The third kappa shape index (κ3) is 7.02. The lowest BCUT2D eigenvalue weighted by molar-refractivity contribution is -0.115. The molecule has 0 aliphatic carbocycles. The lowest BCUT2D eigenvalue weighted by Crippen LogP contribution is -2.40. The summed E-state index contributed by atoms with van der Waals surface area (Å²) in [6.45, 7) is 2.80. The monoisotopic (exact) mass is 345 g/mol. The van der Waals surface area contributed by atoms with Crippen LogP contribution in [0.2, 0.25) is 5.02 Å². The molecule has 0 aliphatic rings. The van der Waals surface area contributed by atoms with E-state index in [4.69, 9.17) is 23.8 Å². The van der Waals surface area contributed by atoms with Crippen LogP contribution in [0.3, 0.4) is 0 Å². The van der Waals surface area contributed by atoms with Gasteiger partial charge >= 0.3 is 0 Å². The second kappa shape index (κ2) is 9.87. The fourth-order valence-corrected chi connectivity index (χ4v) is 2.36. The van der Waals surface area contributed by atoms with Crippen LogP contribution in [0.25, 0.3) is 0 Å². The molecule has 116 valence electrons. The Morgan fingerprint density at radius 2 is 2.14 bits per heavy atom. The lowest BCUT2D eigenvalue weighted by Gasteiger charge is -2.12. The second-order valence-electron chi connectivity index (χ2n) is 4.42. The average molecular weight is 346 g/mol. The second-order valence-corrected chi connectivity index (χ2v) is 6.22. The fraction of sp³-hybridized carbons (Fsp3) is 0.429. The predicted molar refractivity (Wildman–Crippen MR) is 96.4 cm³/mol. The van der Waals surface area contributed by atoms with E-state index in [0.29, 0.717) is 15.8 Å². The van der Waals surface area contributed by atoms with Crippen molar-refractivity contribution in [2.24, 2.45) is 0 Å². The predicted octanol–water partition coefficient (Wildman–Crippen LogP) is 2.80. The zero-order valence-corrected chi connectivity index (χ0v) is 14.6. The van der Waals surface area contributed by atoms with Crippen LogP contribution in [0.1, 0.15) is 12.0 Å². The Balaban J connectivity index is 2.31. The van der Waals surface area contributed by atoms with Gasteiger partial charge in [-0.1, -0.05) is 17.7 Å². The van der Waals surface area contributed by atoms with Gasteiger partial charge in [-0.05, 0) is 55.3 Å². The number of thioether (sulfide) groups is 1. The highest BCUT2D eigenvalue weighted by Crippen LogP contribution is 2.22. The van der Waals surface area contributed by atoms with Gasteiger partial charge in [-0.3, -0.25) is 4.79 Å². The minimum Gasteiger partial charge on any atom is -0.363 e. The summed E-state index contributed by atoms with van der Waals surface area (Å²) in [7, 11) is 0. The summed E-state index contributed by atoms with van der Waals surface area (Å²) in [5.41, 5.74) is 1.57. The number of halogens is 1. The van der Waals surface area contributed by atoms with E-state index in [9.17, 15) is 4.79 Å². The third-order valence-electron chi connectivity index (χ3n) is 2.76. The Labute approximate surface area is 140 Å². The summed E-state index contributed by atoms with van der Waals surface area (Å²) in [5, 5.41) is 9.88. The number of anilines is 1. The number of carbonyl (C=O) groups is 1. The zero-order chi connectivity index (χ0) is 15.7. The average Bonchev–Trinajstić information content (AvgIpc) is 2.46. The summed E-state index contributed by atoms with van der Waals surface area (Å²) in [5.74, 6) is 0.929. The molecular weight excluding hydrogens is 326 g/mol. The number of nitrogens with one attached hydrogen (secondary N) is 3. The van der Waals surface area contributed by atoms with Gasteiger partial charge < -0.3 is 16.0 Å². The van der Waals surface area contributed by atoms with E-state index in [-0.39, 0.29) is 12.5 Å². The van der Waals surface area contributed by atoms with Gasteiger partial charge in [-0.15, -0.1) is 0 Å². The van der Waals surface area contributed by atoms with E-state index in [1.54, 1.807) is 23.9 Å². The summed E-state index contributed by atoms with van der Waals surface area (Å²) < 4.78 is 0. The number of carbonyl (C=O) groups excluding carboxylic acids is 1. The molecule has 1 aromatic rings. The van der Waals surface area contributed by atoms with E-state index in [1.807, 2.05) is 13.0 Å². The number of hydrogen-bond donors (Lipinski definition) is 3. The summed E-state index contributed by atoms with van der Waals surface area (Å²) in [6.07, 6.45) is 3.11. The SMILES string of the molecule is CSCCCNC(=S)NCC(=O)Nc1cccc(Cl)c1C. The first-order chi connectivity index (χ1) is 10.0. The highest BCUT2D eigenvalue weighted by molar-refractivity contribution is 7.98. The van der Waals surface area contributed by atoms with Crippen LogP contribution in [0.4, 0.5) is 5.69 Å². The number of thiocarbonyl (C=S) groups is 1. The van der Waals surface area contributed by atoms with Gasteiger partial charge in [0.15, 0.2) is 5.11 Å². The van der Waals surface area contributed by atoms with Crippen LogP contribution < -0.4 is 16.0 Å². The standard InChI is InChI=1S/C14H20ClN3OS2/c1-10-11(15)5-3-6-12(10)18-13(19)9-17-14(20)16-7-4-8-21-2/h3,5-6H,4,7-9H2,1-2H3,(H,18,19)(H2,16,17,20). The smallest absolute Gasteiger partial charge is 0.243 e. The Morgan fingerprint density at radius 3 is 2.86 bits per heavy atom. The molecule has 1 amide bonds. The minimum atomic E-state index is -0.159. The molecule has 0 heterocycles. The molecule has 0 radical (unpaired) electrons. The molecule has 0 fully saturated rings. The van der Waals surface area contributed by atoms with Crippen molar-refractivity contribution in [1.29, 1.82) is 0 Å². The van der Waals surface area contributed by atoms with Gasteiger partial charge in [0.1, 0.15) is 0 Å². The third-order valence-corrected chi connectivity index (χ3v) is 4.16. The molecule has 21 heavy (non-hydrogen) atoms. The zero-order valence-electron chi connectivity index (χ0n) is 12.2. The Kier molecular flexibility index (Phi) is 8.49.